The molecule has 88 valence electrons. The smallest absolute Gasteiger partial charge is 0.151 e. The largest absolute Gasteiger partial charge is 0.317 e. The first-order valence-corrected chi connectivity index (χ1v) is 7.04. The molecule has 4 nitrogen and oxygen atoms in total. The number of nitrogens with zero attached hydrogens (tertiary/aromatic N) is 2. The van der Waals surface area contributed by atoms with Crippen LogP contribution in [0.3, 0.4) is 0 Å². The van der Waals surface area contributed by atoms with Crippen LogP contribution in [0, 0.1) is 5.92 Å². The molecule has 16 heavy (non-hydrogen) atoms. The molecule has 1 aromatic heterocycles. The van der Waals surface area contributed by atoms with Gasteiger partial charge in [0.25, 0.3) is 0 Å². The zero-order valence-corrected chi connectivity index (χ0v) is 10.4. The van der Waals surface area contributed by atoms with Gasteiger partial charge in [-0.25, -0.2) is 0 Å². The standard InChI is InChI=1S/C10H14ClN3OS/c11-9-1-2-10(14-13-9)16(15)7-8-3-5-12-6-4-8/h1-2,8,12H,3-7H2/t16-/m1/s1. The number of piperidine rings is 1. The summed E-state index contributed by atoms with van der Waals surface area (Å²) in [7, 11) is -1.05. The topological polar surface area (TPSA) is 54.9 Å². The molecule has 1 saturated heterocycles. The first-order valence-electron chi connectivity index (χ1n) is 5.34. The molecule has 1 aromatic rings. The van der Waals surface area contributed by atoms with Crippen LogP contribution in [0.25, 0.3) is 0 Å². The fourth-order valence-electron chi connectivity index (χ4n) is 1.77. The van der Waals surface area contributed by atoms with Crippen LogP contribution in [-0.2, 0) is 10.8 Å². The normalized spacial score (nSPS) is 19.6. The van der Waals surface area contributed by atoms with Crippen molar-refractivity contribution >= 4 is 22.4 Å². The van der Waals surface area contributed by atoms with E-state index >= 15 is 0 Å². The summed E-state index contributed by atoms with van der Waals surface area (Å²) in [6, 6.07) is 3.32. The predicted octanol–water partition coefficient (Wildman–Crippen LogP) is 1.24. The molecule has 0 saturated carbocycles. The first-order chi connectivity index (χ1) is 7.75. The van der Waals surface area contributed by atoms with Gasteiger partial charge in [-0.3, -0.25) is 4.21 Å². The number of nitrogens with one attached hydrogen (secondary N) is 1. The van der Waals surface area contributed by atoms with E-state index in [4.69, 9.17) is 11.6 Å². The Morgan fingerprint density at radius 1 is 1.38 bits per heavy atom. The zero-order chi connectivity index (χ0) is 11.4. The summed E-state index contributed by atoms with van der Waals surface area (Å²) in [5.41, 5.74) is 0. The highest BCUT2D eigenvalue weighted by atomic mass is 35.5. The van der Waals surface area contributed by atoms with Crippen molar-refractivity contribution in [2.75, 3.05) is 18.8 Å². The van der Waals surface area contributed by atoms with E-state index in [2.05, 4.69) is 15.5 Å². The van der Waals surface area contributed by atoms with Gasteiger partial charge in [-0.2, -0.15) is 0 Å². The molecule has 0 unspecified atom stereocenters. The summed E-state index contributed by atoms with van der Waals surface area (Å²) in [6.07, 6.45) is 2.18. The fourth-order valence-corrected chi connectivity index (χ4v) is 3.16. The Bertz CT molecular complexity index is 365. The van der Waals surface area contributed by atoms with Gasteiger partial charge in [0.1, 0.15) is 5.03 Å². The average molecular weight is 260 g/mol. The minimum Gasteiger partial charge on any atom is -0.317 e. The van der Waals surface area contributed by atoms with Gasteiger partial charge in [-0.1, -0.05) is 11.6 Å². The third kappa shape index (κ3) is 3.23. The lowest BCUT2D eigenvalue weighted by Gasteiger charge is -2.21. The second-order valence-electron chi connectivity index (χ2n) is 3.90. The molecular formula is C10H14ClN3OS. The lowest BCUT2D eigenvalue weighted by atomic mass is 10.0. The van der Waals surface area contributed by atoms with E-state index in [0.717, 1.165) is 25.9 Å². The molecule has 2 heterocycles. The van der Waals surface area contributed by atoms with Crippen LogP contribution in [0.4, 0.5) is 0 Å². The van der Waals surface area contributed by atoms with Gasteiger partial charge in [-0.05, 0) is 44.0 Å². The lowest BCUT2D eigenvalue weighted by Crippen LogP contribution is -2.30. The molecule has 1 aliphatic heterocycles. The van der Waals surface area contributed by atoms with Crippen molar-refractivity contribution in [2.24, 2.45) is 5.92 Å². The van der Waals surface area contributed by atoms with Gasteiger partial charge in [0.05, 0.1) is 10.8 Å². The van der Waals surface area contributed by atoms with Gasteiger partial charge in [0.2, 0.25) is 0 Å². The Morgan fingerprint density at radius 3 is 2.75 bits per heavy atom. The summed E-state index contributed by atoms with van der Waals surface area (Å²) >= 11 is 5.63. The second-order valence-corrected chi connectivity index (χ2v) is 5.73. The Hall–Kier alpha value is -0.520. The van der Waals surface area contributed by atoms with Crippen molar-refractivity contribution in [3.8, 4) is 0 Å². The van der Waals surface area contributed by atoms with Gasteiger partial charge >= 0.3 is 0 Å². The van der Waals surface area contributed by atoms with Crippen molar-refractivity contribution in [1.82, 2.24) is 15.5 Å². The van der Waals surface area contributed by atoms with E-state index < -0.39 is 10.8 Å². The molecule has 1 fully saturated rings. The number of rotatable bonds is 3. The van der Waals surface area contributed by atoms with Crippen LogP contribution in [0.15, 0.2) is 17.2 Å². The van der Waals surface area contributed by atoms with Crippen molar-refractivity contribution in [3.05, 3.63) is 17.3 Å². The predicted molar refractivity (Wildman–Crippen MR) is 63.9 cm³/mol. The van der Waals surface area contributed by atoms with Crippen LogP contribution >= 0.6 is 11.6 Å². The highest BCUT2D eigenvalue weighted by molar-refractivity contribution is 7.84. The summed E-state index contributed by atoms with van der Waals surface area (Å²) in [5.74, 6) is 1.21. The van der Waals surface area contributed by atoms with E-state index in [0.29, 0.717) is 21.8 Å². The Morgan fingerprint density at radius 2 is 2.12 bits per heavy atom. The highest BCUT2D eigenvalue weighted by Crippen LogP contribution is 2.16. The van der Waals surface area contributed by atoms with Crippen molar-refractivity contribution in [2.45, 2.75) is 17.9 Å². The first kappa shape index (κ1) is 12.0. The summed E-state index contributed by atoms with van der Waals surface area (Å²) < 4.78 is 12.0. The van der Waals surface area contributed by atoms with E-state index in [9.17, 15) is 4.21 Å². The molecule has 0 aromatic carbocycles. The highest BCUT2D eigenvalue weighted by Gasteiger charge is 2.17. The van der Waals surface area contributed by atoms with Gasteiger partial charge in [0, 0.05) is 5.75 Å². The number of halogens is 1. The number of aromatic nitrogens is 2. The van der Waals surface area contributed by atoms with E-state index in [1.807, 2.05) is 0 Å². The molecule has 1 N–H and O–H groups in total. The Labute approximate surface area is 102 Å². The van der Waals surface area contributed by atoms with Crippen LogP contribution in [0.5, 0.6) is 0 Å². The van der Waals surface area contributed by atoms with Gasteiger partial charge in [-0.15, -0.1) is 10.2 Å². The number of hydrogen-bond acceptors (Lipinski definition) is 4. The van der Waals surface area contributed by atoms with Crippen LogP contribution in [0.2, 0.25) is 5.15 Å². The molecular weight excluding hydrogens is 246 g/mol. The fraction of sp³-hybridized carbons (Fsp3) is 0.600. The third-order valence-corrected chi connectivity index (χ3v) is 4.35. The number of hydrogen-bond donors (Lipinski definition) is 1. The van der Waals surface area contributed by atoms with Crippen molar-refractivity contribution < 1.29 is 4.21 Å². The molecule has 0 aliphatic carbocycles. The van der Waals surface area contributed by atoms with E-state index in [1.54, 1.807) is 12.1 Å². The van der Waals surface area contributed by atoms with Crippen LogP contribution in [0.1, 0.15) is 12.8 Å². The summed E-state index contributed by atoms with van der Waals surface area (Å²) in [5, 5.41) is 11.7. The zero-order valence-electron chi connectivity index (χ0n) is 8.86. The maximum absolute atomic E-state index is 12.0. The molecule has 2 rings (SSSR count). The van der Waals surface area contributed by atoms with Crippen molar-refractivity contribution in [1.29, 1.82) is 0 Å². The average Bonchev–Trinajstić information content (AvgIpc) is 2.31. The maximum atomic E-state index is 12.0. The molecule has 0 radical (unpaired) electrons. The monoisotopic (exact) mass is 259 g/mol. The lowest BCUT2D eigenvalue weighted by molar-refractivity contribution is 0.405. The minimum absolute atomic E-state index is 0.336. The quantitative estimate of drug-likeness (QED) is 0.887. The van der Waals surface area contributed by atoms with E-state index in [1.165, 1.54) is 0 Å². The molecule has 0 amide bonds. The van der Waals surface area contributed by atoms with Gasteiger partial charge < -0.3 is 5.32 Å². The summed E-state index contributed by atoms with van der Waals surface area (Å²) in [6.45, 7) is 2.04. The molecule has 1 atom stereocenters. The Kier molecular flexibility index (Phi) is 4.26. The molecule has 0 bridgehead atoms. The van der Waals surface area contributed by atoms with Gasteiger partial charge in [0.15, 0.2) is 5.15 Å². The van der Waals surface area contributed by atoms with Crippen LogP contribution < -0.4 is 5.32 Å². The summed E-state index contributed by atoms with van der Waals surface area (Å²) in [4.78, 5) is 0. The Balaban J connectivity index is 1.94. The molecule has 6 heteroatoms. The maximum Gasteiger partial charge on any atom is 0.151 e. The molecule has 1 aliphatic rings. The van der Waals surface area contributed by atoms with E-state index in [-0.39, 0.29) is 0 Å². The molecule has 0 spiro atoms. The third-order valence-electron chi connectivity index (χ3n) is 2.69. The minimum atomic E-state index is -1.05. The van der Waals surface area contributed by atoms with Crippen LogP contribution in [-0.4, -0.2) is 33.2 Å². The van der Waals surface area contributed by atoms with Crippen molar-refractivity contribution in [3.63, 3.8) is 0 Å². The second kappa shape index (κ2) is 5.70. The SMILES string of the molecule is O=[S@](CC1CCNCC1)c1ccc(Cl)nn1.